The van der Waals surface area contributed by atoms with Gasteiger partial charge in [-0.05, 0) is 0 Å². The molecule has 234 valence electrons. The number of hydrogen-bond donors (Lipinski definition) is 0. The van der Waals surface area contributed by atoms with Gasteiger partial charge in [0.1, 0.15) is 52.9 Å². The van der Waals surface area contributed by atoms with Gasteiger partial charge in [-0.15, -0.1) is 45.3 Å². The zero-order valence-corrected chi connectivity index (χ0v) is 30.8. The van der Waals surface area contributed by atoms with Crippen LogP contribution in [0.4, 0.5) is 0 Å². The molecule has 4 aliphatic heterocycles. The molecule has 0 saturated heterocycles. The Morgan fingerprint density at radius 3 is 0.773 bits per heavy atom. The van der Waals surface area contributed by atoms with Crippen LogP contribution in [0, 0.1) is 0 Å². The summed E-state index contributed by atoms with van der Waals surface area (Å²) in [6.45, 7) is 18.2. The zero-order chi connectivity index (χ0) is 30.4. The van der Waals surface area contributed by atoms with E-state index in [9.17, 15) is 0 Å². The first-order valence-corrected chi connectivity index (χ1v) is 25.1. The van der Waals surface area contributed by atoms with Gasteiger partial charge >= 0.3 is 0 Å². The molecule has 0 aliphatic carbocycles. The second-order valence-electron chi connectivity index (χ2n) is 13.0. The molecule has 0 saturated carbocycles. The molecule has 0 atom stereocenters. The highest BCUT2D eigenvalue weighted by Crippen LogP contribution is 2.64. The lowest BCUT2D eigenvalue weighted by Gasteiger charge is -2.21. The first-order valence-electron chi connectivity index (χ1n) is 14.8. The summed E-state index contributed by atoms with van der Waals surface area (Å²) in [7, 11) is -3.40. The lowest BCUT2D eigenvalue weighted by atomic mass is 10.2. The average Bonchev–Trinajstić information content (AvgIpc) is 3.76. The van der Waals surface area contributed by atoms with Crippen LogP contribution in [0.2, 0.25) is 39.3 Å². The van der Waals surface area contributed by atoms with Crippen molar-refractivity contribution in [2.75, 3.05) is 52.9 Å². The fraction of sp³-hybridized carbons (Fsp3) is 0.467. The summed E-state index contributed by atoms with van der Waals surface area (Å²) in [4.78, 5) is 6.09. The fourth-order valence-corrected chi connectivity index (χ4v) is 15.1. The molecular formula is C30H34O8S4Si2. The van der Waals surface area contributed by atoms with E-state index < -0.39 is 16.1 Å². The standard InChI is InChI=1S/C30H34O8S4Si2/c1-43(2,3)29-21-19(35-11-13-37-21)27(41-29)25-17-15(31-7-9-33-17)23(39-25)24-16-18(34-10-8-32-16)26(40-24)28-20-22(38-14-12-36-20)30(42-28)44(4,5)6/h7-14H2,1-6H3. The van der Waals surface area contributed by atoms with Gasteiger partial charge in [-0.3, -0.25) is 0 Å². The Hall–Kier alpha value is -2.37. The minimum absolute atomic E-state index is 0.486. The molecule has 0 bridgehead atoms. The SMILES string of the molecule is C[Si](C)(C)c1sc(-c2sc(-c3sc(-c4sc([Si](C)(C)C)c5c4OCCO5)c4c3OCCO4)c3c2OCCO3)c2c1OCCO2. The average molecular weight is 707 g/mol. The predicted octanol–water partition coefficient (Wildman–Crippen LogP) is 7.11. The second-order valence-corrected chi connectivity index (χ2v) is 27.8. The van der Waals surface area contributed by atoms with Gasteiger partial charge in [-0.1, -0.05) is 39.3 Å². The Kier molecular flexibility index (Phi) is 7.00. The van der Waals surface area contributed by atoms with E-state index >= 15 is 0 Å². The maximum absolute atomic E-state index is 6.38. The first kappa shape index (κ1) is 29.1. The van der Waals surface area contributed by atoms with E-state index in [1.807, 2.05) is 0 Å². The molecule has 4 aliphatic rings. The van der Waals surface area contributed by atoms with Crippen molar-refractivity contribution < 1.29 is 37.9 Å². The van der Waals surface area contributed by atoms with Gasteiger partial charge in [0.15, 0.2) is 46.0 Å². The molecule has 4 aromatic heterocycles. The molecule has 8 nitrogen and oxygen atoms in total. The summed E-state index contributed by atoms with van der Waals surface area (Å²) in [6.07, 6.45) is 0. The smallest absolute Gasteiger partial charge is 0.181 e. The number of thiophene rings is 4. The molecule has 0 amide bonds. The third kappa shape index (κ3) is 4.58. The second kappa shape index (κ2) is 10.6. The summed E-state index contributed by atoms with van der Waals surface area (Å²) in [5, 5.41) is 0. The number of ether oxygens (including phenoxy) is 8. The Balaban J connectivity index is 1.32. The molecule has 0 fully saturated rings. The molecule has 14 heteroatoms. The Morgan fingerprint density at radius 2 is 0.523 bits per heavy atom. The molecular weight excluding hydrogens is 673 g/mol. The first-order chi connectivity index (χ1) is 21.1. The van der Waals surface area contributed by atoms with Crippen LogP contribution in [0.3, 0.4) is 0 Å². The lowest BCUT2D eigenvalue weighted by Crippen LogP contribution is -2.37. The molecule has 8 rings (SSSR count). The van der Waals surface area contributed by atoms with Crippen LogP contribution < -0.4 is 46.9 Å². The highest BCUT2D eigenvalue weighted by atomic mass is 32.1. The van der Waals surface area contributed by atoms with Gasteiger partial charge < -0.3 is 37.9 Å². The van der Waals surface area contributed by atoms with Gasteiger partial charge in [0, 0.05) is 9.00 Å². The van der Waals surface area contributed by atoms with E-state index in [2.05, 4.69) is 39.3 Å². The molecule has 44 heavy (non-hydrogen) atoms. The molecule has 0 radical (unpaired) electrons. The van der Waals surface area contributed by atoms with Crippen molar-refractivity contribution in [1.29, 1.82) is 0 Å². The van der Waals surface area contributed by atoms with E-state index in [-0.39, 0.29) is 0 Å². The summed E-state index contributed by atoms with van der Waals surface area (Å²) < 4.78 is 53.1. The van der Waals surface area contributed by atoms with Crippen LogP contribution in [0.5, 0.6) is 46.0 Å². The van der Waals surface area contributed by atoms with Gasteiger partial charge in [0.05, 0.1) is 45.4 Å². The number of fused-ring (bicyclic) bond motifs is 4. The Bertz CT molecular complexity index is 1640. The predicted molar refractivity (Wildman–Crippen MR) is 184 cm³/mol. The molecule has 8 heterocycles. The van der Waals surface area contributed by atoms with Gasteiger partial charge in [-0.2, -0.15) is 0 Å². The van der Waals surface area contributed by atoms with Crippen molar-refractivity contribution in [3.8, 4) is 75.3 Å². The van der Waals surface area contributed by atoms with Crippen LogP contribution in [0.1, 0.15) is 0 Å². The lowest BCUT2D eigenvalue weighted by molar-refractivity contribution is 0.171. The van der Waals surface area contributed by atoms with Crippen LogP contribution in [0.15, 0.2) is 0 Å². The van der Waals surface area contributed by atoms with Crippen molar-refractivity contribution in [3.05, 3.63) is 0 Å². The molecule has 0 N–H and O–H groups in total. The van der Waals surface area contributed by atoms with Crippen molar-refractivity contribution >= 4 is 70.5 Å². The molecule has 0 spiro atoms. The maximum atomic E-state index is 6.38. The largest absolute Gasteiger partial charge is 0.485 e. The van der Waals surface area contributed by atoms with Crippen molar-refractivity contribution in [3.63, 3.8) is 0 Å². The van der Waals surface area contributed by atoms with Crippen LogP contribution in [0.25, 0.3) is 29.3 Å². The highest BCUT2D eigenvalue weighted by Gasteiger charge is 2.40. The Labute approximate surface area is 274 Å². The van der Waals surface area contributed by atoms with Crippen LogP contribution in [-0.4, -0.2) is 69.0 Å². The molecule has 0 unspecified atom stereocenters. The van der Waals surface area contributed by atoms with Crippen molar-refractivity contribution in [2.24, 2.45) is 0 Å². The third-order valence-electron chi connectivity index (χ3n) is 7.58. The fourth-order valence-electron chi connectivity index (χ4n) is 5.69. The van der Waals surface area contributed by atoms with E-state index in [0.717, 1.165) is 75.3 Å². The van der Waals surface area contributed by atoms with Crippen LogP contribution >= 0.6 is 45.3 Å². The maximum Gasteiger partial charge on any atom is 0.181 e. The summed E-state index contributed by atoms with van der Waals surface area (Å²) >= 11 is 6.89. The summed E-state index contributed by atoms with van der Waals surface area (Å²) in [6, 6.07) is 0. The Morgan fingerprint density at radius 1 is 0.318 bits per heavy atom. The van der Waals surface area contributed by atoms with Gasteiger partial charge in [0.2, 0.25) is 0 Å². The summed E-state index contributed by atoms with van der Waals surface area (Å²) in [5.41, 5.74) is 0. The molecule has 0 aromatic carbocycles. The molecule has 4 aromatic rings. The normalized spacial score (nSPS) is 17.1. The van der Waals surface area contributed by atoms with E-state index in [1.165, 1.54) is 9.00 Å². The summed E-state index contributed by atoms with van der Waals surface area (Å²) in [5.74, 6) is 6.52. The van der Waals surface area contributed by atoms with Gasteiger partial charge in [0.25, 0.3) is 0 Å². The van der Waals surface area contributed by atoms with Crippen molar-refractivity contribution in [1.82, 2.24) is 0 Å². The number of rotatable bonds is 5. The van der Waals surface area contributed by atoms with Crippen LogP contribution in [-0.2, 0) is 0 Å². The van der Waals surface area contributed by atoms with Gasteiger partial charge in [-0.25, -0.2) is 0 Å². The zero-order valence-electron chi connectivity index (χ0n) is 25.6. The minimum Gasteiger partial charge on any atom is -0.485 e. The van der Waals surface area contributed by atoms with E-state index in [0.29, 0.717) is 52.9 Å². The minimum atomic E-state index is -1.70. The highest BCUT2D eigenvalue weighted by molar-refractivity contribution is 7.34. The third-order valence-corrected chi connectivity index (χ3v) is 19.8. The van der Waals surface area contributed by atoms with E-state index in [1.54, 1.807) is 45.3 Å². The topological polar surface area (TPSA) is 73.8 Å². The van der Waals surface area contributed by atoms with E-state index in [4.69, 9.17) is 37.9 Å². The van der Waals surface area contributed by atoms with Crippen molar-refractivity contribution in [2.45, 2.75) is 39.3 Å². The number of hydrogen-bond acceptors (Lipinski definition) is 12. The quantitative estimate of drug-likeness (QED) is 0.204. The monoisotopic (exact) mass is 706 g/mol.